The van der Waals surface area contributed by atoms with Crippen molar-refractivity contribution >= 4 is 18.5 Å². The number of benzene rings is 2. The van der Waals surface area contributed by atoms with E-state index in [0.29, 0.717) is 13.0 Å². The fraction of sp³-hybridized carbons (Fsp3) is 0.238. The van der Waals surface area contributed by atoms with E-state index in [9.17, 15) is 9.59 Å². The molecule has 5 nitrogen and oxygen atoms in total. The van der Waals surface area contributed by atoms with Crippen LogP contribution in [0.3, 0.4) is 0 Å². The Bertz CT molecular complexity index is 681. The van der Waals surface area contributed by atoms with Crippen molar-refractivity contribution in [2.24, 2.45) is 0 Å². The lowest BCUT2D eigenvalue weighted by Crippen LogP contribution is -2.28. The summed E-state index contributed by atoms with van der Waals surface area (Å²) in [6.45, 7) is 3.01. The summed E-state index contributed by atoms with van der Waals surface area (Å²) < 4.78 is 9.58. The summed E-state index contributed by atoms with van der Waals surface area (Å²) in [5.41, 5.74) is 2.23. The molecule has 26 heavy (non-hydrogen) atoms. The van der Waals surface area contributed by atoms with Crippen molar-refractivity contribution in [2.75, 3.05) is 27.3 Å². The molecule has 1 amide bonds. The predicted molar refractivity (Wildman–Crippen MR) is 103 cm³/mol. The van der Waals surface area contributed by atoms with Crippen molar-refractivity contribution in [3.05, 3.63) is 71.8 Å². The Morgan fingerprint density at radius 2 is 1.73 bits per heavy atom. The van der Waals surface area contributed by atoms with Crippen LogP contribution in [0.2, 0.25) is 0 Å². The van der Waals surface area contributed by atoms with Crippen LogP contribution in [0.4, 0.5) is 0 Å². The molecule has 0 spiro atoms. The normalized spacial score (nSPS) is 9.81. The van der Waals surface area contributed by atoms with Gasteiger partial charge in [-0.1, -0.05) is 48.0 Å². The van der Waals surface area contributed by atoms with Gasteiger partial charge in [-0.3, -0.25) is 9.59 Å². The molecular weight excluding hydrogens is 330 g/mol. The number of rotatable bonds is 7. The van der Waals surface area contributed by atoms with Crippen LogP contribution >= 0.6 is 0 Å². The number of likely N-dealkylation sites (N-methyl/N-ethyl adjacent to an activating group) is 1. The number of amides is 1. The summed E-state index contributed by atoms with van der Waals surface area (Å²) in [5, 5.41) is 0. The van der Waals surface area contributed by atoms with Crippen LogP contribution in [-0.4, -0.2) is 44.6 Å². The largest absolute Gasteiger partial charge is 0.497 e. The van der Waals surface area contributed by atoms with E-state index in [4.69, 9.17) is 4.74 Å². The fourth-order valence-corrected chi connectivity index (χ4v) is 1.89. The molecule has 5 heteroatoms. The second-order valence-electron chi connectivity index (χ2n) is 5.49. The van der Waals surface area contributed by atoms with Gasteiger partial charge in [0.1, 0.15) is 12.4 Å². The minimum atomic E-state index is -0.148. The first-order chi connectivity index (χ1) is 12.6. The second-order valence-corrected chi connectivity index (χ2v) is 5.49. The summed E-state index contributed by atoms with van der Waals surface area (Å²) in [6, 6.07) is 17.6. The first kappa shape index (κ1) is 21.0. The maximum Gasteiger partial charge on any atom is 0.293 e. The van der Waals surface area contributed by atoms with Crippen molar-refractivity contribution in [1.29, 1.82) is 0 Å². The van der Waals surface area contributed by atoms with Crippen molar-refractivity contribution in [2.45, 2.75) is 6.92 Å². The third kappa shape index (κ3) is 8.68. The molecule has 0 radical (unpaired) electrons. The maximum absolute atomic E-state index is 11.7. The molecule has 0 aliphatic rings. The van der Waals surface area contributed by atoms with E-state index in [1.165, 1.54) is 16.5 Å². The molecule has 0 aliphatic carbocycles. The number of methoxy groups -OCH3 is 1. The molecule has 0 aliphatic heterocycles. The topological polar surface area (TPSA) is 55.8 Å². The monoisotopic (exact) mass is 355 g/mol. The predicted octanol–water partition coefficient (Wildman–Crippen LogP) is 3.33. The van der Waals surface area contributed by atoms with Crippen LogP contribution in [0.1, 0.15) is 11.1 Å². The summed E-state index contributed by atoms with van der Waals surface area (Å²) >= 11 is 0. The van der Waals surface area contributed by atoms with Crippen LogP contribution in [0.5, 0.6) is 5.75 Å². The molecule has 0 heterocycles. The average molecular weight is 355 g/mol. The Morgan fingerprint density at radius 1 is 1.08 bits per heavy atom. The van der Waals surface area contributed by atoms with Gasteiger partial charge < -0.3 is 14.4 Å². The minimum absolute atomic E-state index is 0.148. The van der Waals surface area contributed by atoms with Crippen LogP contribution in [0, 0.1) is 6.92 Å². The number of nitrogens with zero attached hydrogens (tertiary/aromatic N) is 1. The van der Waals surface area contributed by atoms with Gasteiger partial charge in [0.25, 0.3) is 6.47 Å². The van der Waals surface area contributed by atoms with Crippen molar-refractivity contribution in [3.8, 4) is 5.75 Å². The number of hydrogen-bond donors (Lipinski definition) is 0. The lowest BCUT2D eigenvalue weighted by Gasteiger charge is -2.13. The van der Waals surface area contributed by atoms with Gasteiger partial charge in [0.15, 0.2) is 0 Å². The molecule has 0 saturated carbocycles. The first-order valence-electron chi connectivity index (χ1n) is 8.21. The molecule has 0 atom stereocenters. The average Bonchev–Trinajstić information content (AvgIpc) is 2.67. The van der Waals surface area contributed by atoms with Crippen LogP contribution in [0.15, 0.2) is 60.7 Å². The van der Waals surface area contributed by atoms with Crippen molar-refractivity contribution in [1.82, 2.24) is 4.90 Å². The Kier molecular flexibility index (Phi) is 9.92. The highest BCUT2D eigenvalue weighted by atomic mass is 16.5. The fourth-order valence-electron chi connectivity index (χ4n) is 1.89. The molecule has 0 aromatic heterocycles. The molecule has 0 fully saturated rings. The zero-order valence-corrected chi connectivity index (χ0v) is 15.4. The number of carbonyl (C=O) groups excluding carboxylic acids is 2. The SMILES string of the molecule is COc1ccc(/C=C/C(=O)N(C)CCOC=O)cc1.Cc1ccccc1. The van der Waals surface area contributed by atoms with E-state index in [1.54, 1.807) is 20.2 Å². The number of ether oxygens (including phenoxy) is 2. The zero-order chi connectivity index (χ0) is 19.2. The first-order valence-corrected chi connectivity index (χ1v) is 8.21. The molecule has 0 bridgehead atoms. The van der Waals surface area contributed by atoms with Crippen LogP contribution in [-0.2, 0) is 14.3 Å². The molecule has 0 saturated heterocycles. The minimum Gasteiger partial charge on any atom is -0.497 e. The Labute approximate surface area is 154 Å². The van der Waals surface area contributed by atoms with Crippen molar-refractivity contribution < 1.29 is 19.1 Å². The maximum atomic E-state index is 11.7. The van der Waals surface area contributed by atoms with Crippen molar-refractivity contribution in [3.63, 3.8) is 0 Å². The molecule has 138 valence electrons. The van der Waals surface area contributed by atoms with Gasteiger partial charge in [-0.2, -0.15) is 0 Å². The zero-order valence-electron chi connectivity index (χ0n) is 15.4. The van der Waals surface area contributed by atoms with E-state index in [0.717, 1.165) is 11.3 Å². The van der Waals surface area contributed by atoms with E-state index in [2.05, 4.69) is 23.8 Å². The molecule has 0 N–H and O–H groups in total. The van der Waals surface area contributed by atoms with E-state index in [-0.39, 0.29) is 12.5 Å². The lowest BCUT2D eigenvalue weighted by atomic mass is 10.2. The summed E-state index contributed by atoms with van der Waals surface area (Å²) in [5.74, 6) is 0.622. The Morgan fingerprint density at radius 3 is 2.23 bits per heavy atom. The lowest BCUT2D eigenvalue weighted by molar-refractivity contribution is -0.132. The summed E-state index contributed by atoms with van der Waals surface area (Å²) in [4.78, 5) is 23.1. The molecule has 0 unspecified atom stereocenters. The number of aryl methyl sites for hydroxylation is 1. The Balaban J connectivity index is 0.000000401. The standard InChI is InChI=1S/C14H17NO4.C7H8/c1-15(9-10-19-11-16)14(17)8-5-12-3-6-13(18-2)7-4-12;1-7-5-3-2-4-6-7/h3-8,11H,9-10H2,1-2H3;2-6H,1H3/b8-5+;. The van der Waals surface area contributed by atoms with E-state index < -0.39 is 0 Å². The highest BCUT2D eigenvalue weighted by Gasteiger charge is 2.04. The number of hydrogen-bond acceptors (Lipinski definition) is 4. The molecule has 2 aromatic carbocycles. The quantitative estimate of drug-likeness (QED) is 0.434. The molecule has 2 rings (SSSR count). The van der Waals surface area contributed by atoms with Gasteiger partial charge in [0, 0.05) is 13.1 Å². The van der Waals surface area contributed by atoms with Gasteiger partial charge in [0.05, 0.1) is 13.7 Å². The van der Waals surface area contributed by atoms with Gasteiger partial charge in [-0.15, -0.1) is 0 Å². The Hall–Kier alpha value is -3.08. The van der Waals surface area contributed by atoms with Gasteiger partial charge in [0.2, 0.25) is 5.91 Å². The van der Waals surface area contributed by atoms with Crippen LogP contribution in [0.25, 0.3) is 6.08 Å². The smallest absolute Gasteiger partial charge is 0.293 e. The highest BCUT2D eigenvalue weighted by molar-refractivity contribution is 5.91. The molecular formula is C21H25NO4. The summed E-state index contributed by atoms with van der Waals surface area (Å²) in [7, 11) is 3.25. The second kappa shape index (κ2) is 12.3. The van der Waals surface area contributed by atoms with Gasteiger partial charge in [-0.05, 0) is 30.7 Å². The molecule has 2 aromatic rings. The van der Waals surface area contributed by atoms with E-state index >= 15 is 0 Å². The van der Waals surface area contributed by atoms with E-state index in [1.807, 2.05) is 42.5 Å². The third-order valence-corrected chi connectivity index (χ3v) is 3.46. The van der Waals surface area contributed by atoms with Gasteiger partial charge in [-0.25, -0.2) is 0 Å². The third-order valence-electron chi connectivity index (χ3n) is 3.46. The van der Waals surface area contributed by atoms with Crippen LogP contribution < -0.4 is 4.74 Å². The number of carbonyl (C=O) groups is 2. The highest BCUT2D eigenvalue weighted by Crippen LogP contribution is 2.12. The van der Waals surface area contributed by atoms with Gasteiger partial charge >= 0.3 is 0 Å². The summed E-state index contributed by atoms with van der Waals surface area (Å²) in [6.07, 6.45) is 3.20.